The van der Waals surface area contributed by atoms with Crippen LogP contribution in [0.15, 0.2) is 35.2 Å². The SMILES string of the molecule is O=C1S/C(=C\c2c(Cl)cc(Cl)c(O)c2Cl)C(=O)N1Cc1ccc(Cl)cc1. The van der Waals surface area contributed by atoms with Crippen LogP contribution in [-0.4, -0.2) is 21.2 Å². The predicted octanol–water partition coefficient (Wildman–Crippen LogP) is 6.24. The number of carbonyl (C=O) groups is 2. The van der Waals surface area contributed by atoms with Crippen molar-refractivity contribution >= 4 is 75.4 Å². The number of benzene rings is 2. The summed E-state index contributed by atoms with van der Waals surface area (Å²) in [5, 5.41) is 10.0. The highest BCUT2D eigenvalue weighted by Crippen LogP contribution is 2.42. The molecular weight excluding hydrogens is 440 g/mol. The first kappa shape index (κ1) is 19.4. The van der Waals surface area contributed by atoms with Crippen LogP contribution in [0, 0.1) is 0 Å². The minimum Gasteiger partial charge on any atom is -0.505 e. The highest BCUT2D eigenvalue weighted by molar-refractivity contribution is 8.18. The molecule has 2 amide bonds. The Kier molecular flexibility index (Phi) is 5.75. The van der Waals surface area contributed by atoms with Crippen LogP contribution in [0.25, 0.3) is 6.08 Å². The molecular formula is C17H9Cl4NO3S. The van der Waals surface area contributed by atoms with Gasteiger partial charge < -0.3 is 5.11 Å². The van der Waals surface area contributed by atoms with Crippen molar-refractivity contribution in [3.05, 3.63) is 66.5 Å². The normalized spacial score (nSPS) is 16.0. The molecule has 3 rings (SSSR count). The van der Waals surface area contributed by atoms with Crippen molar-refractivity contribution in [2.75, 3.05) is 0 Å². The maximum Gasteiger partial charge on any atom is 0.293 e. The number of phenolic OH excluding ortho intramolecular Hbond substituents is 1. The van der Waals surface area contributed by atoms with Gasteiger partial charge in [-0.25, -0.2) is 0 Å². The number of imide groups is 1. The van der Waals surface area contributed by atoms with E-state index in [1.54, 1.807) is 24.3 Å². The summed E-state index contributed by atoms with van der Waals surface area (Å²) in [5.41, 5.74) is 0.977. The number of thioether (sulfide) groups is 1. The van der Waals surface area contributed by atoms with Gasteiger partial charge in [-0.1, -0.05) is 58.5 Å². The molecule has 1 aliphatic heterocycles. The van der Waals surface area contributed by atoms with E-state index in [1.165, 1.54) is 12.1 Å². The molecule has 26 heavy (non-hydrogen) atoms. The zero-order valence-corrected chi connectivity index (χ0v) is 16.6. The van der Waals surface area contributed by atoms with Crippen LogP contribution in [-0.2, 0) is 11.3 Å². The fourth-order valence-corrected chi connectivity index (χ4v) is 4.09. The van der Waals surface area contributed by atoms with Gasteiger partial charge in [0.25, 0.3) is 11.1 Å². The summed E-state index contributed by atoms with van der Waals surface area (Å²) in [6, 6.07) is 8.15. The van der Waals surface area contributed by atoms with Gasteiger partial charge in [-0.05, 0) is 41.6 Å². The van der Waals surface area contributed by atoms with Crippen LogP contribution in [0.4, 0.5) is 4.79 Å². The van der Waals surface area contributed by atoms with Gasteiger partial charge >= 0.3 is 0 Å². The summed E-state index contributed by atoms with van der Waals surface area (Å²) in [7, 11) is 0. The number of nitrogens with zero attached hydrogens (tertiary/aromatic N) is 1. The molecule has 0 atom stereocenters. The summed E-state index contributed by atoms with van der Waals surface area (Å²) in [4.78, 5) is 26.0. The van der Waals surface area contributed by atoms with Gasteiger partial charge in [-0.3, -0.25) is 14.5 Å². The molecule has 1 N–H and O–H groups in total. The van der Waals surface area contributed by atoms with Gasteiger partial charge in [0.2, 0.25) is 0 Å². The van der Waals surface area contributed by atoms with Crippen LogP contribution in [0.3, 0.4) is 0 Å². The Hall–Kier alpha value is -1.37. The van der Waals surface area contributed by atoms with Crippen molar-refractivity contribution in [3.63, 3.8) is 0 Å². The van der Waals surface area contributed by atoms with E-state index < -0.39 is 11.1 Å². The van der Waals surface area contributed by atoms with E-state index in [4.69, 9.17) is 46.4 Å². The minimum absolute atomic E-state index is 0.00649. The quantitative estimate of drug-likeness (QED) is 0.564. The molecule has 2 aromatic rings. The molecule has 1 saturated heterocycles. The first-order valence-electron chi connectivity index (χ1n) is 7.14. The molecule has 0 spiro atoms. The third kappa shape index (κ3) is 3.82. The molecule has 9 heteroatoms. The smallest absolute Gasteiger partial charge is 0.293 e. The minimum atomic E-state index is -0.475. The van der Waals surface area contributed by atoms with Crippen molar-refractivity contribution in [3.8, 4) is 5.75 Å². The van der Waals surface area contributed by atoms with Gasteiger partial charge in [-0.2, -0.15) is 0 Å². The predicted molar refractivity (Wildman–Crippen MR) is 106 cm³/mol. The van der Waals surface area contributed by atoms with E-state index in [9.17, 15) is 14.7 Å². The van der Waals surface area contributed by atoms with Crippen molar-refractivity contribution in [2.45, 2.75) is 6.54 Å². The average molecular weight is 449 g/mol. The highest BCUT2D eigenvalue weighted by atomic mass is 35.5. The Labute approximate surface area is 173 Å². The summed E-state index contributed by atoms with van der Waals surface area (Å²) >= 11 is 24.6. The Bertz CT molecular complexity index is 944. The lowest BCUT2D eigenvalue weighted by atomic mass is 10.2. The largest absolute Gasteiger partial charge is 0.505 e. The number of hydrogen-bond donors (Lipinski definition) is 1. The third-order valence-electron chi connectivity index (χ3n) is 3.58. The average Bonchev–Trinajstić information content (AvgIpc) is 2.86. The van der Waals surface area contributed by atoms with E-state index in [0.29, 0.717) is 5.02 Å². The molecule has 0 radical (unpaired) electrons. The van der Waals surface area contributed by atoms with Gasteiger partial charge in [0.1, 0.15) is 0 Å². The number of phenols is 1. The molecule has 4 nitrogen and oxygen atoms in total. The van der Waals surface area contributed by atoms with Gasteiger partial charge in [0, 0.05) is 10.6 Å². The number of rotatable bonds is 3. The molecule has 1 fully saturated rings. The molecule has 0 bridgehead atoms. The Morgan fingerprint density at radius 3 is 2.35 bits per heavy atom. The Morgan fingerprint density at radius 2 is 1.69 bits per heavy atom. The fraction of sp³-hybridized carbons (Fsp3) is 0.0588. The first-order chi connectivity index (χ1) is 12.3. The van der Waals surface area contributed by atoms with Gasteiger partial charge in [0.15, 0.2) is 5.75 Å². The zero-order valence-electron chi connectivity index (χ0n) is 12.8. The van der Waals surface area contributed by atoms with E-state index in [-0.39, 0.29) is 37.8 Å². The number of amides is 2. The van der Waals surface area contributed by atoms with Gasteiger partial charge in [-0.15, -0.1) is 0 Å². The first-order valence-corrected chi connectivity index (χ1v) is 9.47. The van der Waals surface area contributed by atoms with Crippen LogP contribution in [0.2, 0.25) is 20.1 Å². The lowest BCUT2D eigenvalue weighted by Gasteiger charge is -2.12. The fourth-order valence-electron chi connectivity index (χ4n) is 2.27. The van der Waals surface area contributed by atoms with Crippen molar-refractivity contribution in [1.29, 1.82) is 0 Å². The zero-order chi connectivity index (χ0) is 19.0. The summed E-state index contributed by atoms with van der Waals surface area (Å²) in [6.07, 6.45) is 1.37. The molecule has 1 heterocycles. The lowest BCUT2D eigenvalue weighted by Crippen LogP contribution is -2.27. The standard InChI is InChI=1S/C17H9Cl4NO3S/c18-9-3-1-8(2-4-9)7-22-16(24)13(26-17(22)25)5-10-11(19)6-12(20)15(23)14(10)21/h1-6,23H,7H2/b13-5-. The molecule has 0 unspecified atom stereocenters. The van der Waals surface area contributed by atoms with Crippen LogP contribution in [0.5, 0.6) is 5.75 Å². The van der Waals surface area contributed by atoms with Gasteiger partial charge in [0.05, 0.1) is 26.5 Å². The van der Waals surface area contributed by atoms with E-state index in [2.05, 4.69) is 0 Å². The van der Waals surface area contributed by atoms with Crippen LogP contribution in [0.1, 0.15) is 11.1 Å². The lowest BCUT2D eigenvalue weighted by molar-refractivity contribution is -0.123. The van der Waals surface area contributed by atoms with E-state index in [1.807, 2.05) is 0 Å². The molecule has 0 aromatic heterocycles. The number of halogens is 4. The molecule has 2 aromatic carbocycles. The molecule has 0 aliphatic carbocycles. The summed E-state index contributed by atoms with van der Waals surface area (Å²) in [5.74, 6) is -0.819. The number of hydrogen-bond acceptors (Lipinski definition) is 4. The highest BCUT2D eigenvalue weighted by Gasteiger charge is 2.35. The number of aromatic hydroxyl groups is 1. The second kappa shape index (κ2) is 7.71. The molecule has 1 aliphatic rings. The van der Waals surface area contributed by atoms with E-state index in [0.717, 1.165) is 22.2 Å². The number of carbonyl (C=O) groups excluding carboxylic acids is 2. The molecule has 134 valence electrons. The summed E-state index contributed by atoms with van der Waals surface area (Å²) < 4.78 is 0. The Balaban J connectivity index is 1.90. The van der Waals surface area contributed by atoms with Crippen molar-refractivity contribution in [1.82, 2.24) is 4.90 Å². The Morgan fingerprint density at radius 1 is 1.04 bits per heavy atom. The maximum absolute atomic E-state index is 12.6. The topological polar surface area (TPSA) is 57.6 Å². The second-order valence-electron chi connectivity index (χ2n) is 5.31. The third-order valence-corrected chi connectivity index (χ3v) is 5.73. The maximum atomic E-state index is 12.6. The van der Waals surface area contributed by atoms with Crippen molar-refractivity contribution in [2.24, 2.45) is 0 Å². The van der Waals surface area contributed by atoms with E-state index >= 15 is 0 Å². The van der Waals surface area contributed by atoms with Crippen LogP contribution < -0.4 is 0 Å². The molecule has 0 saturated carbocycles. The summed E-state index contributed by atoms with van der Waals surface area (Å²) in [6.45, 7) is 0.118. The monoisotopic (exact) mass is 447 g/mol. The van der Waals surface area contributed by atoms with Crippen LogP contribution >= 0.6 is 58.2 Å². The second-order valence-corrected chi connectivity index (χ2v) is 7.93. The van der Waals surface area contributed by atoms with Crippen molar-refractivity contribution < 1.29 is 14.7 Å².